The molecule has 2 aromatic rings. The topological polar surface area (TPSA) is 74.8 Å². The number of hydrogen-bond donors (Lipinski definition) is 0. The Hall–Kier alpha value is -2.22. The summed E-state index contributed by atoms with van der Waals surface area (Å²) in [5.41, 5.74) is 0.731. The minimum absolute atomic E-state index is 0.0321. The predicted molar refractivity (Wildman–Crippen MR) is 95.6 cm³/mol. The lowest BCUT2D eigenvalue weighted by molar-refractivity contribution is 0.0593. The molecule has 8 heteroatoms. The average Bonchev–Trinajstić information content (AvgIpc) is 3.20. The highest BCUT2D eigenvalue weighted by Crippen LogP contribution is 2.31. The molecule has 134 valence electrons. The predicted octanol–water partition coefficient (Wildman–Crippen LogP) is 2.40. The van der Waals surface area contributed by atoms with Crippen molar-refractivity contribution < 1.29 is 18.0 Å². The first-order chi connectivity index (χ1) is 12.4. The zero-order valence-corrected chi connectivity index (χ0v) is 15.2. The van der Waals surface area contributed by atoms with E-state index in [0.29, 0.717) is 17.5 Å². The average molecular weight is 391 g/mol. The maximum Gasteiger partial charge on any atom is 0.261 e. The monoisotopic (exact) mass is 390 g/mol. The molecule has 2 aliphatic rings. The number of carbonyl (C=O) groups is 2. The van der Waals surface area contributed by atoms with Crippen LogP contribution in [0.3, 0.4) is 0 Å². The smallest absolute Gasteiger partial charge is 0.261 e. The van der Waals surface area contributed by atoms with Crippen molar-refractivity contribution in [3.8, 4) is 0 Å². The van der Waals surface area contributed by atoms with Crippen molar-refractivity contribution in [2.75, 3.05) is 13.1 Å². The van der Waals surface area contributed by atoms with Crippen molar-refractivity contribution in [3.05, 3.63) is 64.7 Å². The van der Waals surface area contributed by atoms with E-state index < -0.39 is 16.1 Å². The summed E-state index contributed by atoms with van der Waals surface area (Å²) < 4.78 is 27.0. The first kappa shape index (κ1) is 17.2. The van der Waals surface area contributed by atoms with Crippen molar-refractivity contribution in [2.24, 2.45) is 0 Å². The molecule has 0 aromatic heterocycles. The van der Waals surface area contributed by atoms with Crippen molar-refractivity contribution in [1.29, 1.82) is 0 Å². The van der Waals surface area contributed by atoms with E-state index in [1.165, 1.54) is 21.3 Å². The van der Waals surface area contributed by atoms with Crippen LogP contribution < -0.4 is 0 Å². The van der Waals surface area contributed by atoms with Crippen LogP contribution in [0.25, 0.3) is 0 Å². The van der Waals surface area contributed by atoms with Crippen LogP contribution >= 0.6 is 11.6 Å². The molecular weight excluding hydrogens is 376 g/mol. The Bertz CT molecular complexity index is 986. The van der Waals surface area contributed by atoms with Gasteiger partial charge in [-0.25, -0.2) is 8.42 Å². The summed E-state index contributed by atoms with van der Waals surface area (Å²) in [5, 5.41) is 0.150. The van der Waals surface area contributed by atoms with Crippen LogP contribution in [0.15, 0.2) is 53.4 Å². The van der Waals surface area contributed by atoms with Crippen LogP contribution in [0.5, 0.6) is 0 Å². The number of nitrogens with zero attached hydrogens (tertiary/aromatic N) is 2. The molecule has 26 heavy (non-hydrogen) atoms. The lowest BCUT2D eigenvalue weighted by Gasteiger charge is -2.22. The molecule has 2 aromatic carbocycles. The molecule has 2 heterocycles. The summed E-state index contributed by atoms with van der Waals surface area (Å²) in [5.74, 6) is -0.736. The highest BCUT2D eigenvalue weighted by Gasteiger charge is 2.44. The molecule has 6 nitrogen and oxygen atoms in total. The second-order valence-electron chi connectivity index (χ2n) is 6.26. The van der Waals surface area contributed by atoms with Gasteiger partial charge in [-0.05, 0) is 30.7 Å². The number of fused-ring (bicyclic) bond motifs is 1. The van der Waals surface area contributed by atoms with E-state index in [1.807, 2.05) is 0 Å². The third-order valence-electron chi connectivity index (χ3n) is 4.77. The Balaban J connectivity index is 1.60. The largest absolute Gasteiger partial charge is 0.270 e. The van der Waals surface area contributed by atoms with E-state index in [1.54, 1.807) is 36.4 Å². The highest BCUT2D eigenvalue weighted by atomic mass is 35.5. The van der Waals surface area contributed by atoms with Gasteiger partial charge in [-0.2, -0.15) is 4.31 Å². The first-order valence-corrected chi connectivity index (χ1v) is 9.94. The van der Waals surface area contributed by atoms with E-state index in [9.17, 15) is 18.0 Å². The fourth-order valence-corrected chi connectivity index (χ4v) is 5.46. The van der Waals surface area contributed by atoms with Crippen molar-refractivity contribution in [1.82, 2.24) is 9.21 Å². The zero-order valence-electron chi connectivity index (χ0n) is 13.6. The summed E-state index contributed by atoms with van der Waals surface area (Å²) in [4.78, 5) is 26.4. The molecule has 0 radical (unpaired) electrons. The normalized spacial score (nSPS) is 20.7. The van der Waals surface area contributed by atoms with Gasteiger partial charge in [0.1, 0.15) is 4.90 Å². The van der Waals surface area contributed by atoms with E-state index in [0.717, 1.165) is 0 Å². The van der Waals surface area contributed by atoms with E-state index in [-0.39, 0.29) is 34.8 Å². The van der Waals surface area contributed by atoms with Gasteiger partial charge in [0.05, 0.1) is 22.2 Å². The Kier molecular flexibility index (Phi) is 4.10. The van der Waals surface area contributed by atoms with Gasteiger partial charge in [-0.15, -0.1) is 0 Å². The van der Waals surface area contributed by atoms with E-state index in [2.05, 4.69) is 0 Å². The number of carbonyl (C=O) groups excluding carboxylic acids is 2. The molecule has 1 atom stereocenters. The van der Waals surface area contributed by atoms with Gasteiger partial charge in [0.2, 0.25) is 10.0 Å². The third-order valence-corrected chi connectivity index (χ3v) is 7.14. The van der Waals surface area contributed by atoms with Crippen molar-refractivity contribution >= 4 is 33.4 Å². The van der Waals surface area contributed by atoms with Crippen LogP contribution in [-0.4, -0.2) is 48.6 Å². The number of sulfonamides is 1. The number of imide groups is 1. The van der Waals surface area contributed by atoms with Crippen LogP contribution in [0.1, 0.15) is 27.1 Å². The lowest BCUT2D eigenvalue weighted by atomic mass is 10.1. The Labute approximate surface area is 156 Å². The number of rotatable bonds is 3. The minimum Gasteiger partial charge on any atom is -0.270 e. The van der Waals surface area contributed by atoms with Gasteiger partial charge < -0.3 is 0 Å². The van der Waals surface area contributed by atoms with Crippen molar-refractivity contribution in [2.45, 2.75) is 17.4 Å². The highest BCUT2D eigenvalue weighted by molar-refractivity contribution is 7.89. The standard InChI is InChI=1S/C18H15ClN2O4S/c19-15-7-3-4-8-16(15)26(24,25)20-10-9-12(11-20)21-17(22)13-5-1-2-6-14(13)18(21)23/h1-8,12H,9-11H2. The minimum atomic E-state index is -3.78. The molecular formula is C18H15ClN2O4S. The molecule has 0 spiro atoms. The van der Waals surface area contributed by atoms with Crippen LogP contribution in [0, 0.1) is 0 Å². The summed E-state index contributed by atoms with van der Waals surface area (Å²) in [6, 6.07) is 12.4. The Morgan fingerprint density at radius 2 is 1.50 bits per heavy atom. The molecule has 4 rings (SSSR count). The molecule has 0 aliphatic carbocycles. The van der Waals surface area contributed by atoms with Gasteiger partial charge >= 0.3 is 0 Å². The maximum atomic E-state index is 12.9. The second-order valence-corrected chi connectivity index (χ2v) is 8.58. The summed E-state index contributed by atoms with van der Waals surface area (Å²) in [7, 11) is -3.78. The number of halogens is 1. The first-order valence-electron chi connectivity index (χ1n) is 8.13. The van der Waals surface area contributed by atoms with Gasteiger partial charge in [-0.1, -0.05) is 35.9 Å². The van der Waals surface area contributed by atoms with Gasteiger partial charge in [0, 0.05) is 13.1 Å². The molecule has 0 saturated carbocycles. The van der Waals surface area contributed by atoms with Gasteiger partial charge in [-0.3, -0.25) is 14.5 Å². The third kappa shape index (κ3) is 2.55. The molecule has 1 unspecified atom stereocenters. The second kappa shape index (κ2) is 6.19. The molecule has 2 amide bonds. The molecule has 0 bridgehead atoms. The number of benzene rings is 2. The van der Waals surface area contributed by atoms with E-state index >= 15 is 0 Å². The Morgan fingerprint density at radius 3 is 2.12 bits per heavy atom. The van der Waals surface area contributed by atoms with Crippen molar-refractivity contribution in [3.63, 3.8) is 0 Å². The number of hydrogen-bond acceptors (Lipinski definition) is 4. The summed E-state index contributed by atoms with van der Waals surface area (Å²) in [6.45, 7) is 0.296. The van der Waals surface area contributed by atoms with Crippen LogP contribution in [0.4, 0.5) is 0 Å². The fraction of sp³-hybridized carbons (Fsp3) is 0.222. The fourth-order valence-electron chi connectivity index (χ4n) is 3.47. The summed E-state index contributed by atoms with van der Waals surface area (Å²) in [6.07, 6.45) is 0.398. The lowest BCUT2D eigenvalue weighted by Crippen LogP contribution is -2.42. The molecule has 1 saturated heterocycles. The van der Waals surface area contributed by atoms with Crippen LogP contribution in [-0.2, 0) is 10.0 Å². The van der Waals surface area contributed by atoms with Crippen LogP contribution in [0.2, 0.25) is 5.02 Å². The maximum absolute atomic E-state index is 12.9. The van der Waals surface area contributed by atoms with Gasteiger partial charge in [0.25, 0.3) is 11.8 Å². The van der Waals surface area contributed by atoms with Gasteiger partial charge in [0.15, 0.2) is 0 Å². The molecule has 0 N–H and O–H groups in total. The molecule has 2 aliphatic heterocycles. The SMILES string of the molecule is O=C1c2ccccc2C(=O)N1C1CCN(S(=O)(=O)c2ccccc2Cl)C1. The van der Waals surface area contributed by atoms with E-state index in [4.69, 9.17) is 11.6 Å². The zero-order chi connectivity index (χ0) is 18.5. The quantitative estimate of drug-likeness (QED) is 0.754. The summed E-state index contributed by atoms with van der Waals surface area (Å²) >= 11 is 6.03. The number of amides is 2. The Morgan fingerprint density at radius 1 is 0.923 bits per heavy atom. The molecule has 1 fully saturated rings.